The van der Waals surface area contributed by atoms with Crippen LogP contribution < -0.4 is 21.1 Å². The third kappa shape index (κ3) is 11.7. The van der Waals surface area contributed by atoms with Crippen molar-refractivity contribution in [1.29, 1.82) is 0 Å². The van der Waals surface area contributed by atoms with Gasteiger partial charge in [-0.1, -0.05) is 30.1 Å². The van der Waals surface area contributed by atoms with Gasteiger partial charge in [-0.2, -0.15) is 11.8 Å². The lowest BCUT2D eigenvalue weighted by atomic mass is 9.97. The van der Waals surface area contributed by atoms with E-state index in [4.69, 9.17) is 49.0 Å². The van der Waals surface area contributed by atoms with Crippen LogP contribution in [-0.4, -0.2) is 87.6 Å². The number of ether oxygens (including phenoxy) is 1. The van der Waals surface area contributed by atoms with Gasteiger partial charge in [0, 0.05) is 29.4 Å². The molecule has 13 nitrogen and oxygen atoms in total. The normalized spacial score (nSPS) is 13.0. The fourth-order valence-corrected chi connectivity index (χ4v) is 4.79. The Bertz CT molecular complexity index is 1090. The summed E-state index contributed by atoms with van der Waals surface area (Å²) < 4.78 is 5.05. The predicted molar refractivity (Wildman–Crippen MR) is 142 cm³/mol. The standard InChI is InChI=1S/C23H29Cl2N3O10S/c1-2-11(21(34)12-3-5-15(20(25)19(12)24)38-8-18(32)33)9-39-10-14(22(35)27-7-17(30)31)28-16(29)6-4-13(26)23(36)37/h3,5,11,13-14H,2,4,6-10,26H2,1H3,(H,27,35)(H,28,29)(H,30,31)(H,32,33)(H,36,37)/t11-,13-,14-/m0/s1. The number of nitrogens with two attached hydrogens (primary N) is 1. The van der Waals surface area contributed by atoms with E-state index >= 15 is 0 Å². The summed E-state index contributed by atoms with van der Waals surface area (Å²) in [6.07, 6.45) is -0.0671. The van der Waals surface area contributed by atoms with Crippen molar-refractivity contribution in [3.8, 4) is 5.75 Å². The molecule has 3 atom stereocenters. The zero-order chi connectivity index (χ0) is 29.7. The Hall–Kier alpha value is -3.07. The van der Waals surface area contributed by atoms with Gasteiger partial charge in [0.05, 0.1) is 5.02 Å². The third-order valence-electron chi connectivity index (χ3n) is 5.20. The fraction of sp³-hybridized carbons (Fsp3) is 0.478. The molecule has 0 spiro atoms. The SMILES string of the molecule is CC[C@@H](CSC[C@H](NC(=O)CC[C@H](N)C(=O)O)C(=O)NCC(=O)O)C(=O)c1ccc(OCC(=O)O)c(Cl)c1Cl. The van der Waals surface area contributed by atoms with Crippen molar-refractivity contribution in [2.24, 2.45) is 11.7 Å². The molecule has 0 aliphatic rings. The van der Waals surface area contributed by atoms with Crippen molar-refractivity contribution in [1.82, 2.24) is 10.6 Å². The Morgan fingerprint density at radius 3 is 2.26 bits per heavy atom. The second kappa shape index (κ2) is 16.8. The lowest BCUT2D eigenvalue weighted by Crippen LogP contribution is -2.49. The van der Waals surface area contributed by atoms with Crippen LogP contribution in [0.2, 0.25) is 10.0 Å². The fourth-order valence-electron chi connectivity index (χ4n) is 3.05. The highest BCUT2D eigenvalue weighted by Gasteiger charge is 2.26. The first kappa shape index (κ1) is 34.0. The van der Waals surface area contributed by atoms with Crippen molar-refractivity contribution in [2.45, 2.75) is 38.3 Å². The van der Waals surface area contributed by atoms with Crippen LogP contribution in [0.15, 0.2) is 12.1 Å². The molecule has 39 heavy (non-hydrogen) atoms. The second-order valence-corrected chi connectivity index (χ2v) is 9.97. The van der Waals surface area contributed by atoms with Gasteiger partial charge in [0.25, 0.3) is 0 Å². The monoisotopic (exact) mass is 609 g/mol. The third-order valence-corrected chi connectivity index (χ3v) is 7.27. The topological polar surface area (TPSA) is 222 Å². The van der Waals surface area contributed by atoms with Crippen LogP contribution in [0.5, 0.6) is 5.75 Å². The molecule has 0 aliphatic carbocycles. The van der Waals surface area contributed by atoms with Gasteiger partial charge < -0.3 is 36.4 Å². The minimum absolute atomic E-state index is 0.00157. The number of nitrogens with one attached hydrogen (secondary N) is 2. The molecule has 0 bridgehead atoms. The van der Waals surface area contributed by atoms with E-state index in [0.29, 0.717) is 6.42 Å². The Morgan fingerprint density at radius 1 is 1.03 bits per heavy atom. The molecular formula is C23H29Cl2N3O10S. The molecule has 0 aliphatic heterocycles. The molecule has 0 fully saturated rings. The number of carboxylic acid groups (broad SMARTS) is 3. The van der Waals surface area contributed by atoms with Crippen molar-refractivity contribution in [3.63, 3.8) is 0 Å². The molecule has 0 heterocycles. The average Bonchev–Trinajstić information content (AvgIpc) is 2.87. The molecular weight excluding hydrogens is 581 g/mol. The molecule has 2 amide bonds. The minimum atomic E-state index is -1.29. The van der Waals surface area contributed by atoms with Crippen LogP contribution in [0.4, 0.5) is 0 Å². The lowest BCUT2D eigenvalue weighted by molar-refractivity contribution is -0.140. The summed E-state index contributed by atoms with van der Waals surface area (Å²) in [6.45, 7) is 0.427. The number of benzene rings is 1. The van der Waals surface area contributed by atoms with E-state index < -0.39 is 60.9 Å². The van der Waals surface area contributed by atoms with Crippen LogP contribution >= 0.6 is 35.0 Å². The van der Waals surface area contributed by atoms with Gasteiger partial charge in [0.1, 0.15) is 29.4 Å². The minimum Gasteiger partial charge on any atom is -0.480 e. The lowest BCUT2D eigenvalue weighted by Gasteiger charge is -2.20. The van der Waals surface area contributed by atoms with Gasteiger partial charge in [0.2, 0.25) is 11.8 Å². The highest BCUT2D eigenvalue weighted by Crippen LogP contribution is 2.36. The maximum Gasteiger partial charge on any atom is 0.341 e. The van der Waals surface area contributed by atoms with E-state index in [0.717, 1.165) is 11.8 Å². The molecule has 1 aromatic rings. The first-order valence-corrected chi connectivity index (χ1v) is 13.4. The van der Waals surface area contributed by atoms with Crippen LogP contribution in [-0.2, 0) is 24.0 Å². The number of carbonyl (C=O) groups excluding carboxylic acids is 3. The highest BCUT2D eigenvalue weighted by molar-refractivity contribution is 7.99. The van der Waals surface area contributed by atoms with Crippen LogP contribution in [0.3, 0.4) is 0 Å². The number of hydrogen-bond donors (Lipinski definition) is 6. The van der Waals surface area contributed by atoms with Gasteiger partial charge in [-0.3, -0.25) is 24.0 Å². The summed E-state index contributed by atoms with van der Waals surface area (Å²) in [5.41, 5.74) is 5.48. The summed E-state index contributed by atoms with van der Waals surface area (Å²) in [5, 5.41) is 30.8. The molecule has 0 aromatic heterocycles. The molecule has 0 unspecified atom stereocenters. The summed E-state index contributed by atoms with van der Waals surface area (Å²) in [7, 11) is 0. The maximum absolute atomic E-state index is 13.1. The van der Waals surface area contributed by atoms with Crippen molar-refractivity contribution in [2.75, 3.05) is 24.7 Å². The van der Waals surface area contributed by atoms with Gasteiger partial charge in [-0.15, -0.1) is 0 Å². The number of carboxylic acids is 3. The number of hydrogen-bond acceptors (Lipinski definition) is 9. The molecule has 0 radical (unpaired) electrons. The van der Waals surface area contributed by atoms with Gasteiger partial charge in [-0.05, 0) is 25.0 Å². The first-order valence-electron chi connectivity index (χ1n) is 11.5. The largest absolute Gasteiger partial charge is 0.480 e. The Morgan fingerprint density at radius 2 is 1.69 bits per heavy atom. The molecule has 216 valence electrons. The molecule has 1 aromatic carbocycles. The van der Waals surface area contributed by atoms with Crippen molar-refractivity contribution >= 4 is 70.5 Å². The molecule has 1 rings (SSSR count). The zero-order valence-corrected chi connectivity index (χ0v) is 23.1. The number of aliphatic carboxylic acids is 3. The van der Waals surface area contributed by atoms with Crippen LogP contribution in [0.25, 0.3) is 0 Å². The zero-order valence-electron chi connectivity index (χ0n) is 20.8. The first-order chi connectivity index (χ1) is 18.3. The van der Waals surface area contributed by atoms with Gasteiger partial charge in [0.15, 0.2) is 12.4 Å². The Balaban J connectivity index is 2.89. The quantitative estimate of drug-likeness (QED) is 0.129. The molecule has 7 N–H and O–H groups in total. The van der Waals surface area contributed by atoms with E-state index in [2.05, 4.69) is 10.6 Å². The Kier molecular flexibility index (Phi) is 14.6. The number of halogens is 2. The highest BCUT2D eigenvalue weighted by atomic mass is 35.5. The van der Waals surface area contributed by atoms with Crippen molar-refractivity contribution < 1.29 is 48.8 Å². The number of ketones is 1. The predicted octanol–water partition coefficient (Wildman–Crippen LogP) is 1.28. The Labute approximate surface area is 237 Å². The van der Waals surface area contributed by atoms with Crippen LogP contribution in [0.1, 0.15) is 36.5 Å². The number of Topliss-reactive ketones (excluding diaryl/α,β-unsaturated/α-hetero) is 1. The summed E-state index contributed by atoms with van der Waals surface area (Å²) in [6, 6.07) is 0.266. The second-order valence-electron chi connectivity index (χ2n) is 8.14. The van der Waals surface area contributed by atoms with Gasteiger partial charge in [-0.25, -0.2) is 4.79 Å². The van der Waals surface area contributed by atoms with E-state index in [-0.39, 0.29) is 51.5 Å². The van der Waals surface area contributed by atoms with Gasteiger partial charge >= 0.3 is 17.9 Å². The van der Waals surface area contributed by atoms with E-state index in [1.54, 1.807) is 6.92 Å². The number of rotatable bonds is 18. The van der Waals surface area contributed by atoms with Crippen molar-refractivity contribution in [3.05, 3.63) is 27.7 Å². The maximum atomic E-state index is 13.1. The molecule has 16 heteroatoms. The summed E-state index contributed by atoms with van der Waals surface area (Å²) in [4.78, 5) is 70.2. The molecule has 0 saturated carbocycles. The molecule has 0 saturated heterocycles. The smallest absolute Gasteiger partial charge is 0.341 e. The number of amides is 2. The average molecular weight is 610 g/mol. The number of thioether (sulfide) groups is 1. The van der Waals surface area contributed by atoms with E-state index in [9.17, 15) is 28.8 Å². The van der Waals surface area contributed by atoms with E-state index in [1.807, 2.05) is 0 Å². The summed E-state index contributed by atoms with van der Waals surface area (Å²) >= 11 is 13.5. The summed E-state index contributed by atoms with van der Waals surface area (Å²) in [5.74, 6) is -6.00. The van der Waals surface area contributed by atoms with E-state index in [1.165, 1.54) is 12.1 Å². The van der Waals surface area contributed by atoms with Crippen LogP contribution in [0, 0.1) is 5.92 Å². The number of carbonyl (C=O) groups is 6.